The largest absolute Gasteiger partial charge is 0.482 e. The van der Waals surface area contributed by atoms with E-state index >= 15 is 0 Å². The van der Waals surface area contributed by atoms with Gasteiger partial charge in [0.1, 0.15) is 5.75 Å². The molecule has 0 aliphatic carbocycles. The van der Waals surface area contributed by atoms with E-state index in [2.05, 4.69) is 14.8 Å². The minimum absolute atomic E-state index is 0.0389. The van der Waals surface area contributed by atoms with E-state index in [0.717, 1.165) is 0 Å². The van der Waals surface area contributed by atoms with Gasteiger partial charge in [-0.15, -0.1) is 0 Å². The lowest BCUT2D eigenvalue weighted by Crippen LogP contribution is -2.25. The topological polar surface area (TPSA) is 131 Å². The third-order valence-corrected chi connectivity index (χ3v) is 7.36. The molecule has 0 aromatic heterocycles. The Labute approximate surface area is 189 Å². The zero-order valence-corrected chi connectivity index (χ0v) is 18.6. The van der Waals surface area contributed by atoms with Gasteiger partial charge in [-0.25, -0.2) is 16.8 Å². The summed E-state index contributed by atoms with van der Waals surface area (Å²) in [7, 11) is -8.08. The van der Waals surface area contributed by atoms with Gasteiger partial charge in [0.15, 0.2) is 6.61 Å². The third kappa shape index (κ3) is 4.79. The highest BCUT2D eigenvalue weighted by Crippen LogP contribution is 2.31. The summed E-state index contributed by atoms with van der Waals surface area (Å²) in [4.78, 5) is 11.2. The molecule has 3 aromatic rings. The zero-order chi connectivity index (χ0) is 22.9. The minimum atomic E-state index is -4.08. The molecule has 0 saturated heterocycles. The summed E-state index contributed by atoms with van der Waals surface area (Å²) in [5, 5.41) is 2.90. The number of halogens is 1. The normalized spacial score (nSPS) is 13.5. The van der Waals surface area contributed by atoms with Crippen molar-refractivity contribution in [2.45, 2.75) is 9.79 Å². The van der Waals surface area contributed by atoms with E-state index in [9.17, 15) is 21.6 Å². The van der Waals surface area contributed by atoms with Gasteiger partial charge in [-0.2, -0.15) is 0 Å². The standard InChI is InChI=1S/C20H16ClN3O6S2/c21-13-3-1-4-14(9-13)23-31(26,27)16-6-2-5-15(10-16)24-32(28,29)17-7-8-19-18(11-17)22-20(25)12-30-19/h1-11,23-24H,12H2,(H,22,25). The molecule has 3 aromatic carbocycles. The Balaban J connectivity index is 1.58. The summed E-state index contributed by atoms with van der Waals surface area (Å²) >= 11 is 5.89. The molecule has 0 spiro atoms. The number of anilines is 3. The lowest BCUT2D eigenvalue weighted by molar-refractivity contribution is -0.118. The van der Waals surface area contributed by atoms with Crippen LogP contribution in [0.2, 0.25) is 5.02 Å². The van der Waals surface area contributed by atoms with Gasteiger partial charge in [0, 0.05) is 5.02 Å². The highest BCUT2D eigenvalue weighted by Gasteiger charge is 2.22. The predicted molar refractivity (Wildman–Crippen MR) is 120 cm³/mol. The summed E-state index contributed by atoms with van der Waals surface area (Å²) in [6.07, 6.45) is 0. The van der Waals surface area contributed by atoms with Crippen LogP contribution in [0.4, 0.5) is 17.1 Å². The molecule has 0 atom stereocenters. The summed E-state index contributed by atoms with van der Waals surface area (Å²) in [6, 6.07) is 15.5. The van der Waals surface area contributed by atoms with Gasteiger partial charge < -0.3 is 10.1 Å². The SMILES string of the molecule is O=C1COc2ccc(S(=O)(=O)Nc3cccc(S(=O)(=O)Nc4cccc(Cl)c4)c3)cc2N1. The second-order valence-electron chi connectivity index (χ2n) is 6.74. The van der Waals surface area contributed by atoms with E-state index in [1.807, 2.05) is 0 Å². The molecule has 4 rings (SSSR count). The van der Waals surface area contributed by atoms with Gasteiger partial charge in [0.05, 0.1) is 26.9 Å². The Morgan fingerprint density at radius 2 is 1.44 bits per heavy atom. The maximum atomic E-state index is 12.8. The molecule has 3 N–H and O–H groups in total. The van der Waals surface area contributed by atoms with E-state index < -0.39 is 26.0 Å². The molecule has 1 heterocycles. The number of benzene rings is 3. The molecule has 12 heteroatoms. The van der Waals surface area contributed by atoms with Crippen molar-refractivity contribution < 1.29 is 26.4 Å². The van der Waals surface area contributed by atoms with Crippen molar-refractivity contribution in [2.24, 2.45) is 0 Å². The molecule has 166 valence electrons. The Bertz CT molecular complexity index is 1420. The number of hydrogen-bond acceptors (Lipinski definition) is 6. The van der Waals surface area contributed by atoms with Crippen molar-refractivity contribution in [3.63, 3.8) is 0 Å². The first-order valence-corrected chi connectivity index (χ1v) is 12.4. The second kappa shape index (κ2) is 8.34. The van der Waals surface area contributed by atoms with Gasteiger partial charge in [-0.05, 0) is 54.6 Å². The summed E-state index contributed by atoms with van der Waals surface area (Å²) in [6.45, 7) is -0.151. The zero-order valence-electron chi connectivity index (χ0n) is 16.2. The van der Waals surface area contributed by atoms with Crippen LogP contribution in [-0.4, -0.2) is 29.3 Å². The highest BCUT2D eigenvalue weighted by atomic mass is 35.5. The van der Waals surface area contributed by atoms with Crippen LogP contribution in [0, 0.1) is 0 Å². The molecule has 0 radical (unpaired) electrons. The van der Waals surface area contributed by atoms with Crippen LogP contribution < -0.4 is 19.5 Å². The number of nitrogens with one attached hydrogen (secondary N) is 3. The van der Waals surface area contributed by atoms with Crippen molar-refractivity contribution in [1.29, 1.82) is 0 Å². The molecule has 0 unspecified atom stereocenters. The predicted octanol–water partition coefficient (Wildman–Crippen LogP) is 3.27. The van der Waals surface area contributed by atoms with Crippen LogP contribution in [0.5, 0.6) is 5.75 Å². The number of carbonyl (C=O) groups excluding carboxylic acids is 1. The maximum Gasteiger partial charge on any atom is 0.262 e. The minimum Gasteiger partial charge on any atom is -0.482 e. The van der Waals surface area contributed by atoms with E-state index in [1.54, 1.807) is 12.1 Å². The molecule has 0 fully saturated rings. The van der Waals surface area contributed by atoms with Crippen LogP contribution in [-0.2, 0) is 24.8 Å². The quantitative estimate of drug-likeness (QED) is 0.483. The van der Waals surface area contributed by atoms with Gasteiger partial charge in [0.2, 0.25) is 0 Å². The lowest BCUT2D eigenvalue weighted by Gasteiger charge is -2.18. The first-order valence-electron chi connectivity index (χ1n) is 9.10. The van der Waals surface area contributed by atoms with Crippen LogP contribution >= 0.6 is 11.6 Å². The first kappa shape index (κ1) is 21.9. The van der Waals surface area contributed by atoms with Gasteiger partial charge in [0.25, 0.3) is 26.0 Å². The van der Waals surface area contributed by atoms with Crippen molar-refractivity contribution in [3.8, 4) is 5.75 Å². The smallest absolute Gasteiger partial charge is 0.262 e. The van der Waals surface area contributed by atoms with Crippen LogP contribution in [0.25, 0.3) is 0 Å². The van der Waals surface area contributed by atoms with E-state index in [1.165, 1.54) is 54.6 Å². The molecular weight excluding hydrogens is 478 g/mol. The number of amides is 1. The Morgan fingerprint density at radius 3 is 2.12 bits per heavy atom. The fourth-order valence-corrected chi connectivity index (χ4v) is 5.30. The van der Waals surface area contributed by atoms with E-state index in [4.69, 9.17) is 16.3 Å². The Hall–Kier alpha value is -3.28. The van der Waals surface area contributed by atoms with Gasteiger partial charge in [-0.1, -0.05) is 23.7 Å². The molecule has 9 nitrogen and oxygen atoms in total. The molecule has 1 aliphatic rings. The average molecular weight is 494 g/mol. The van der Waals surface area contributed by atoms with E-state index in [-0.39, 0.29) is 33.5 Å². The monoisotopic (exact) mass is 493 g/mol. The Kier molecular flexibility index (Phi) is 5.71. The first-order chi connectivity index (χ1) is 15.1. The summed E-state index contributed by atoms with van der Waals surface area (Å²) in [5.74, 6) is -0.0474. The summed E-state index contributed by atoms with van der Waals surface area (Å²) in [5.41, 5.74) is 0.532. The number of ether oxygens (including phenoxy) is 1. The third-order valence-electron chi connectivity index (χ3n) is 4.37. The Morgan fingerprint density at radius 1 is 0.812 bits per heavy atom. The molecular formula is C20H16ClN3O6S2. The molecule has 32 heavy (non-hydrogen) atoms. The van der Waals surface area contributed by atoms with Crippen molar-refractivity contribution in [2.75, 3.05) is 21.4 Å². The van der Waals surface area contributed by atoms with Crippen LogP contribution in [0.1, 0.15) is 0 Å². The van der Waals surface area contributed by atoms with Crippen LogP contribution in [0.3, 0.4) is 0 Å². The molecule has 1 aliphatic heterocycles. The van der Waals surface area contributed by atoms with E-state index in [0.29, 0.717) is 10.8 Å². The summed E-state index contributed by atoms with van der Waals surface area (Å²) < 4.78 is 61.0. The fourth-order valence-electron chi connectivity index (χ4n) is 2.94. The number of hydrogen-bond donors (Lipinski definition) is 3. The highest BCUT2D eigenvalue weighted by molar-refractivity contribution is 7.93. The number of sulfonamides is 2. The van der Waals surface area contributed by atoms with Crippen molar-refractivity contribution in [3.05, 3.63) is 71.8 Å². The second-order valence-corrected chi connectivity index (χ2v) is 10.5. The molecule has 0 bridgehead atoms. The molecule has 0 saturated carbocycles. The number of carbonyl (C=O) groups is 1. The maximum absolute atomic E-state index is 12.8. The van der Waals surface area contributed by atoms with Crippen LogP contribution in [0.15, 0.2) is 76.5 Å². The molecule has 1 amide bonds. The number of fused-ring (bicyclic) bond motifs is 1. The van der Waals surface area contributed by atoms with Gasteiger partial charge in [-0.3, -0.25) is 14.2 Å². The average Bonchev–Trinajstić information content (AvgIpc) is 2.73. The van der Waals surface area contributed by atoms with Crippen molar-refractivity contribution >= 4 is 54.6 Å². The number of rotatable bonds is 6. The van der Waals surface area contributed by atoms with Gasteiger partial charge >= 0.3 is 0 Å². The van der Waals surface area contributed by atoms with Crippen molar-refractivity contribution in [1.82, 2.24) is 0 Å². The fraction of sp³-hybridized carbons (Fsp3) is 0.0500. The lowest BCUT2D eigenvalue weighted by atomic mass is 10.2.